The molecule has 4 rings (SSSR count). The monoisotopic (exact) mass is 595 g/mol. The van der Waals surface area contributed by atoms with Crippen LogP contribution >= 0.6 is 0 Å². The van der Waals surface area contributed by atoms with Crippen LogP contribution < -0.4 is 15.1 Å². The van der Waals surface area contributed by atoms with Crippen molar-refractivity contribution in [3.8, 4) is 0 Å². The normalized spacial score (nSPS) is 14.1. The number of amides is 2. The molecule has 1 fully saturated rings. The number of imidazole rings is 1. The van der Waals surface area contributed by atoms with Gasteiger partial charge in [-0.3, -0.25) is 19.3 Å². The lowest BCUT2D eigenvalue weighted by Crippen LogP contribution is -2.48. The first kappa shape index (κ1) is 31.3. The number of H-pyrrole nitrogens is 1. The minimum Gasteiger partial charge on any atom is -0.466 e. The van der Waals surface area contributed by atoms with Crippen LogP contribution in [0.25, 0.3) is 11.0 Å². The average Bonchev–Trinajstić information content (AvgIpc) is 3.47. The van der Waals surface area contributed by atoms with E-state index in [1.165, 1.54) is 18.3 Å². The van der Waals surface area contributed by atoms with Gasteiger partial charge in [0.25, 0.3) is 0 Å². The number of ether oxygens (including phenoxy) is 4. The first-order valence-corrected chi connectivity index (χ1v) is 14.0. The fraction of sp³-hybridized carbons (Fsp3) is 0.433. The largest absolute Gasteiger partial charge is 0.508 e. The second-order valence-corrected chi connectivity index (χ2v) is 10.5. The van der Waals surface area contributed by atoms with E-state index >= 15 is 0 Å². The van der Waals surface area contributed by atoms with Crippen molar-refractivity contribution < 1.29 is 38.1 Å². The first-order valence-electron chi connectivity index (χ1n) is 14.0. The Kier molecular flexibility index (Phi) is 10.2. The maximum atomic E-state index is 14.0. The number of nitrogens with zero attached hydrogens (tertiary/aromatic N) is 3. The second-order valence-electron chi connectivity index (χ2n) is 10.5. The molecule has 2 amide bonds. The second kappa shape index (κ2) is 14.0. The molecule has 43 heavy (non-hydrogen) atoms. The molecular formula is C30H37N5O8. The van der Waals surface area contributed by atoms with Crippen LogP contribution in [-0.2, 0) is 33.3 Å². The summed E-state index contributed by atoms with van der Waals surface area (Å²) in [6, 6.07) is 11.2. The number of nitrogens with one attached hydrogen (secondary N) is 2. The molecule has 0 aliphatic carbocycles. The number of anilines is 2. The quantitative estimate of drug-likeness (QED) is 0.250. The Morgan fingerprint density at radius 3 is 2.51 bits per heavy atom. The Balaban J connectivity index is 1.74. The van der Waals surface area contributed by atoms with Crippen molar-refractivity contribution in [3.05, 3.63) is 54.4 Å². The van der Waals surface area contributed by atoms with Gasteiger partial charge in [0, 0.05) is 24.5 Å². The summed E-state index contributed by atoms with van der Waals surface area (Å²) in [4.78, 5) is 62.8. The molecular weight excluding hydrogens is 558 g/mol. The van der Waals surface area contributed by atoms with Gasteiger partial charge < -0.3 is 34.1 Å². The number of esters is 1. The molecule has 13 nitrogen and oxygen atoms in total. The lowest BCUT2D eigenvalue weighted by molar-refractivity contribution is -0.146. The molecule has 0 bridgehead atoms. The summed E-state index contributed by atoms with van der Waals surface area (Å²) in [5, 5.41) is 2.82. The van der Waals surface area contributed by atoms with E-state index in [4.69, 9.17) is 14.2 Å². The van der Waals surface area contributed by atoms with E-state index in [1.807, 2.05) is 12.1 Å². The minimum absolute atomic E-state index is 0.0806. The number of morpholine rings is 1. The van der Waals surface area contributed by atoms with Crippen molar-refractivity contribution in [3.63, 3.8) is 0 Å². The zero-order valence-electron chi connectivity index (χ0n) is 24.8. The van der Waals surface area contributed by atoms with Crippen molar-refractivity contribution in [2.75, 3.05) is 56.4 Å². The van der Waals surface area contributed by atoms with Gasteiger partial charge in [-0.15, -0.1) is 0 Å². The van der Waals surface area contributed by atoms with E-state index in [0.717, 1.165) is 18.8 Å². The number of carbonyl (C=O) groups excluding carboxylic acids is 4. The van der Waals surface area contributed by atoms with Crippen molar-refractivity contribution in [1.29, 1.82) is 0 Å². The third kappa shape index (κ3) is 8.01. The molecule has 0 radical (unpaired) electrons. The van der Waals surface area contributed by atoms with Crippen LogP contribution in [0.3, 0.4) is 0 Å². The lowest BCUT2D eigenvalue weighted by atomic mass is 10.0. The highest BCUT2D eigenvalue weighted by molar-refractivity contribution is 6.08. The van der Waals surface area contributed by atoms with Crippen LogP contribution in [-0.4, -0.2) is 86.1 Å². The molecule has 1 aliphatic rings. The SMILES string of the molecule is CCOC(=O)CC(=O)N(c1ccc2nc[nH]c2c1)C(C(=O)NCC(C)(C)OC(=O)OC)c1ccc(N2CCOCC2)cc1. The van der Waals surface area contributed by atoms with Gasteiger partial charge in [-0.1, -0.05) is 12.1 Å². The summed E-state index contributed by atoms with van der Waals surface area (Å²) in [6.07, 6.45) is 0.0482. The number of aromatic amines is 1. The van der Waals surface area contributed by atoms with Gasteiger partial charge in [0.15, 0.2) is 0 Å². The predicted molar refractivity (Wildman–Crippen MR) is 158 cm³/mol. The van der Waals surface area contributed by atoms with Gasteiger partial charge in [0.1, 0.15) is 18.1 Å². The van der Waals surface area contributed by atoms with E-state index in [1.54, 1.807) is 51.1 Å². The summed E-state index contributed by atoms with van der Waals surface area (Å²) >= 11 is 0. The molecule has 13 heteroatoms. The Morgan fingerprint density at radius 1 is 1.12 bits per heavy atom. The molecule has 1 aliphatic heterocycles. The molecule has 3 aromatic rings. The maximum absolute atomic E-state index is 14.0. The third-order valence-electron chi connectivity index (χ3n) is 6.86. The van der Waals surface area contributed by atoms with Crippen LogP contribution in [0.2, 0.25) is 0 Å². The van der Waals surface area contributed by atoms with Crippen molar-refractivity contribution >= 4 is 46.3 Å². The zero-order chi connectivity index (χ0) is 31.0. The highest BCUT2D eigenvalue weighted by Gasteiger charge is 2.35. The number of aromatic nitrogens is 2. The molecule has 1 unspecified atom stereocenters. The highest BCUT2D eigenvalue weighted by atomic mass is 16.7. The number of carbonyl (C=O) groups is 4. The van der Waals surface area contributed by atoms with E-state index in [2.05, 4.69) is 24.9 Å². The van der Waals surface area contributed by atoms with Crippen LogP contribution in [0.5, 0.6) is 0 Å². The summed E-state index contributed by atoms with van der Waals surface area (Å²) in [7, 11) is 1.19. The molecule has 230 valence electrons. The molecule has 1 aromatic heterocycles. The smallest absolute Gasteiger partial charge is 0.466 e. The van der Waals surface area contributed by atoms with Crippen LogP contribution in [0.4, 0.5) is 16.2 Å². The van der Waals surface area contributed by atoms with Crippen LogP contribution in [0.15, 0.2) is 48.8 Å². The van der Waals surface area contributed by atoms with Gasteiger partial charge >= 0.3 is 12.1 Å². The molecule has 1 saturated heterocycles. The number of rotatable bonds is 11. The fourth-order valence-electron chi connectivity index (χ4n) is 4.74. The van der Waals surface area contributed by atoms with E-state index in [9.17, 15) is 19.2 Å². The highest BCUT2D eigenvalue weighted by Crippen LogP contribution is 2.32. The number of fused-ring (bicyclic) bond motifs is 1. The molecule has 2 N–H and O–H groups in total. The number of hydrogen-bond donors (Lipinski definition) is 2. The van der Waals surface area contributed by atoms with Crippen LogP contribution in [0, 0.1) is 0 Å². The summed E-state index contributed by atoms with van der Waals surface area (Å²) < 4.78 is 20.4. The Labute approximate surface area is 249 Å². The molecule has 2 heterocycles. The third-order valence-corrected chi connectivity index (χ3v) is 6.86. The lowest BCUT2D eigenvalue weighted by Gasteiger charge is -2.33. The Hall–Kier alpha value is -4.65. The van der Waals surface area contributed by atoms with Crippen molar-refractivity contribution in [2.45, 2.75) is 38.8 Å². The van der Waals surface area contributed by atoms with Gasteiger partial charge in [0.2, 0.25) is 11.8 Å². The molecule has 1 atom stereocenters. The minimum atomic E-state index is -1.20. The Bertz CT molecular complexity index is 1430. The average molecular weight is 596 g/mol. The molecule has 2 aromatic carbocycles. The fourth-order valence-corrected chi connectivity index (χ4v) is 4.74. The molecule has 0 saturated carbocycles. The summed E-state index contributed by atoms with van der Waals surface area (Å²) in [6.45, 7) is 7.59. The standard InChI is InChI=1S/C30H37N5O8/c1-5-42-26(37)17-25(36)35(22-10-11-23-24(16-22)33-19-32-23)27(28(38)31-18-30(2,3)43-29(39)40-4)20-6-8-21(9-7-20)34-12-14-41-15-13-34/h6-11,16,19,27H,5,12-15,17-18H2,1-4H3,(H,31,38)(H,32,33). The Morgan fingerprint density at radius 2 is 1.84 bits per heavy atom. The predicted octanol–water partition coefficient (Wildman–Crippen LogP) is 3.10. The molecule has 0 spiro atoms. The zero-order valence-corrected chi connectivity index (χ0v) is 24.8. The van der Waals surface area contributed by atoms with Gasteiger partial charge in [-0.25, -0.2) is 9.78 Å². The number of methoxy groups -OCH3 is 1. The van der Waals surface area contributed by atoms with E-state index < -0.39 is 42.0 Å². The number of hydrogen-bond acceptors (Lipinski definition) is 10. The van der Waals surface area contributed by atoms with E-state index in [0.29, 0.717) is 35.5 Å². The van der Waals surface area contributed by atoms with Crippen molar-refractivity contribution in [1.82, 2.24) is 15.3 Å². The summed E-state index contributed by atoms with van der Waals surface area (Å²) in [5.41, 5.74) is 2.00. The maximum Gasteiger partial charge on any atom is 0.508 e. The summed E-state index contributed by atoms with van der Waals surface area (Å²) in [5.74, 6) is -1.91. The van der Waals surface area contributed by atoms with Gasteiger partial charge in [0.05, 0.1) is 50.8 Å². The van der Waals surface area contributed by atoms with Gasteiger partial charge in [-0.05, 0) is 56.7 Å². The van der Waals surface area contributed by atoms with Crippen LogP contribution in [0.1, 0.15) is 38.8 Å². The van der Waals surface area contributed by atoms with Crippen molar-refractivity contribution in [2.24, 2.45) is 0 Å². The number of benzene rings is 2. The van der Waals surface area contributed by atoms with Gasteiger partial charge in [-0.2, -0.15) is 0 Å². The first-order chi connectivity index (χ1) is 20.6. The topological polar surface area (TPSA) is 152 Å². The van der Waals surface area contributed by atoms with E-state index in [-0.39, 0.29) is 13.2 Å².